The van der Waals surface area contributed by atoms with Crippen molar-refractivity contribution < 1.29 is 0 Å². The van der Waals surface area contributed by atoms with Crippen molar-refractivity contribution in [2.75, 3.05) is 121 Å². The van der Waals surface area contributed by atoms with Crippen molar-refractivity contribution in [1.29, 1.82) is 0 Å². The summed E-state index contributed by atoms with van der Waals surface area (Å²) in [5.74, 6) is 0. The summed E-state index contributed by atoms with van der Waals surface area (Å²) in [7, 11) is 12.7. The Kier molecular flexibility index (Phi) is 62.2. The molecule has 0 fully saturated rings. The van der Waals surface area contributed by atoms with Gasteiger partial charge >= 0.3 is 0 Å². The SMILES string of the molecule is CC.CC.CC.CC.CC.CC.CC.CC.CCN(C)CC.CCN(C)CC.CCN(C)CC.CCN(C)CC.CCN(C)CC.CCN(C)CC.c1ccc(Cc2cc3c(c4ccccc24)Cc2c-3c3ccccc3c3ccccc23)cc1.c1ccc(Cc2cc3c(c4ccccc24)Cc2cc4ccccc4cc2-3)cc1.c1ccc(Cc2cc3c(c4ccccc24)Cc2ccc4ccccc4c2-3)cc1. The van der Waals surface area contributed by atoms with Gasteiger partial charge in [-0.1, -0.05) is 473 Å². The molecule has 19 rings (SSSR count). The van der Waals surface area contributed by atoms with Gasteiger partial charge in [-0.3, -0.25) is 0 Å². The zero-order valence-corrected chi connectivity index (χ0v) is 94.3. The van der Waals surface area contributed by atoms with E-state index >= 15 is 0 Å². The molecule has 0 spiro atoms. The van der Waals surface area contributed by atoms with Crippen LogP contribution < -0.4 is 0 Å². The van der Waals surface area contributed by atoms with Crippen LogP contribution in [0.5, 0.6) is 0 Å². The van der Waals surface area contributed by atoms with Crippen LogP contribution in [0.15, 0.2) is 303 Å². The second kappa shape index (κ2) is 70.7. The van der Waals surface area contributed by atoms with E-state index in [0.29, 0.717) is 0 Å². The molecule has 0 bridgehead atoms. The molecule has 6 heteroatoms. The molecule has 0 saturated heterocycles. The standard InChI is InChI=1S/C32H22.2C28H20.6C5H13N.8C2H6/c1-2-10-21(11-3-1)18-22-19-30-29(24-13-5-4-12-23(22)24)20-31-27-16-7-6-14-25(27)26-15-8-9-17-28(26)32(30)31;1-2-8-19(9-3-1)16-22-18-27-26(25-13-7-6-11-23(22)25)17-21-15-14-20-10-4-5-12-24(20)28(21)27;1-2-8-19(9-3-1)14-22-17-28-26-16-21-11-5-4-10-20(21)15-23(26)18-27(28)25-13-7-6-12-24(22)25;6*1-4-6(3)5-2;8*1-2/h1-17,19H,18,20H2;1-15,18H,16-17H2;1-13,15-17H,14,18H2;6*4-5H2,1-3H3;8*1-2H3. The number of nitrogens with zero attached hydrogens (tertiary/aromatic N) is 6. The molecule has 754 valence electrons. The lowest BCUT2D eigenvalue weighted by atomic mass is 9.89. The van der Waals surface area contributed by atoms with E-state index in [1.165, 1.54) is 176 Å². The minimum absolute atomic E-state index is 0.954. The van der Waals surface area contributed by atoms with Crippen molar-refractivity contribution in [1.82, 2.24) is 29.4 Å². The smallest absolute Gasteiger partial charge is 0.0000881 e. The maximum atomic E-state index is 2.48. The number of benzene rings is 16. The highest BCUT2D eigenvalue weighted by molar-refractivity contribution is 6.19. The highest BCUT2D eigenvalue weighted by atomic mass is 15.1. The lowest BCUT2D eigenvalue weighted by molar-refractivity contribution is 0.373. The number of hydrogen-bond donors (Lipinski definition) is 0. The molecule has 3 aliphatic carbocycles. The summed E-state index contributed by atoms with van der Waals surface area (Å²) < 4.78 is 0. The average Bonchev–Trinajstić information content (AvgIpc) is 1.55. The maximum absolute atomic E-state index is 2.48. The van der Waals surface area contributed by atoms with Crippen LogP contribution in [0.2, 0.25) is 0 Å². The first kappa shape index (κ1) is 123. The second-order valence-corrected chi connectivity index (χ2v) is 33.4. The zero-order valence-electron chi connectivity index (χ0n) is 94.3. The summed E-state index contributed by atoms with van der Waals surface area (Å²) in [6.45, 7) is 71.8. The number of rotatable bonds is 18. The van der Waals surface area contributed by atoms with Crippen LogP contribution >= 0.6 is 0 Å². The van der Waals surface area contributed by atoms with E-state index in [4.69, 9.17) is 0 Å². The molecule has 0 radical (unpaired) electrons. The van der Waals surface area contributed by atoms with Gasteiger partial charge in [-0.2, -0.15) is 0 Å². The minimum Gasteiger partial charge on any atom is -0.307 e. The quantitative estimate of drug-likeness (QED) is 0.0792. The van der Waals surface area contributed by atoms with Gasteiger partial charge in [0.15, 0.2) is 0 Å². The van der Waals surface area contributed by atoms with Crippen LogP contribution in [0.4, 0.5) is 0 Å². The summed E-state index contributed by atoms with van der Waals surface area (Å²) in [6.07, 6.45) is 5.95. The average molecular weight is 1880 g/mol. The molecule has 0 atom stereocenters. The largest absolute Gasteiger partial charge is 0.307 e. The Morgan fingerprint density at radius 1 is 0.171 bits per heavy atom. The van der Waals surface area contributed by atoms with Gasteiger partial charge in [0.05, 0.1) is 0 Å². The number of hydrogen-bond acceptors (Lipinski definition) is 6. The topological polar surface area (TPSA) is 19.4 Å². The maximum Gasteiger partial charge on any atom is -0.0000881 e. The van der Waals surface area contributed by atoms with Gasteiger partial charge in [-0.25, -0.2) is 0 Å². The fraction of sp³-hybridized carbons (Fsp3) is 0.388. The van der Waals surface area contributed by atoms with Crippen LogP contribution in [0.25, 0.3) is 109 Å². The van der Waals surface area contributed by atoms with Crippen molar-refractivity contribution in [3.8, 4) is 33.4 Å². The molecule has 0 unspecified atom stereocenters. The Bertz CT molecular complexity index is 5940. The first-order chi connectivity index (χ1) is 68.5. The van der Waals surface area contributed by atoms with Crippen molar-refractivity contribution in [3.63, 3.8) is 0 Å². The van der Waals surface area contributed by atoms with Gasteiger partial charge in [0.25, 0.3) is 0 Å². The fourth-order valence-corrected chi connectivity index (χ4v) is 16.7. The van der Waals surface area contributed by atoms with E-state index in [1.807, 2.05) is 111 Å². The molecule has 0 aromatic heterocycles. The third kappa shape index (κ3) is 35.4. The van der Waals surface area contributed by atoms with Crippen molar-refractivity contribution in [2.24, 2.45) is 0 Å². The zero-order chi connectivity index (χ0) is 104. The van der Waals surface area contributed by atoms with Gasteiger partial charge in [0.2, 0.25) is 0 Å². The van der Waals surface area contributed by atoms with Crippen LogP contribution in [-0.4, -0.2) is 150 Å². The monoisotopic (exact) mass is 1880 g/mol. The third-order valence-electron chi connectivity index (χ3n) is 25.9. The van der Waals surface area contributed by atoms with Crippen LogP contribution in [0, 0.1) is 0 Å². The summed E-state index contributed by atoms with van der Waals surface area (Å²) in [5.41, 5.74) is 25.7. The normalized spacial score (nSPS) is 10.7. The van der Waals surface area contributed by atoms with Crippen molar-refractivity contribution in [2.45, 2.75) is 232 Å². The number of fused-ring (bicyclic) bond motifs is 23. The molecule has 16 aromatic rings. The molecule has 0 amide bonds. The Morgan fingerprint density at radius 3 is 0.736 bits per heavy atom. The van der Waals surface area contributed by atoms with Gasteiger partial charge in [-0.05, 0) is 359 Å². The van der Waals surface area contributed by atoms with E-state index in [2.05, 4.69) is 458 Å². The third-order valence-corrected chi connectivity index (χ3v) is 25.9. The molecule has 3 aliphatic rings. The Labute approximate surface area is 855 Å². The highest BCUT2D eigenvalue weighted by Crippen LogP contribution is 2.51. The van der Waals surface area contributed by atoms with Gasteiger partial charge in [-0.15, -0.1) is 0 Å². The van der Waals surface area contributed by atoms with Gasteiger partial charge < -0.3 is 29.4 Å². The van der Waals surface area contributed by atoms with E-state index in [1.54, 1.807) is 0 Å². The molecule has 0 saturated carbocycles. The van der Waals surface area contributed by atoms with Gasteiger partial charge in [0, 0.05) is 0 Å². The summed E-state index contributed by atoms with van der Waals surface area (Å²) in [4.78, 5) is 13.5. The molecule has 0 N–H and O–H groups in total. The predicted molar refractivity (Wildman–Crippen MR) is 638 cm³/mol. The first-order valence-corrected chi connectivity index (χ1v) is 54.3. The molecule has 16 aromatic carbocycles. The molecule has 6 nitrogen and oxygen atoms in total. The van der Waals surface area contributed by atoms with Gasteiger partial charge in [0.1, 0.15) is 0 Å². The van der Waals surface area contributed by atoms with Crippen LogP contribution in [0.1, 0.15) is 261 Å². The van der Waals surface area contributed by atoms with E-state index in [9.17, 15) is 0 Å². The van der Waals surface area contributed by atoms with Crippen LogP contribution in [0.3, 0.4) is 0 Å². The fourth-order valence-electron chi connectivity index (χ4n) is 16.7. The van der Waals surface area contributed by atoms with Crippen molar-refractivity contribution >= 4 is 75.4 Å². The van der Waals surface area contributed by atoms with E-state index in [-0.39, 0.29) is 0 Å². The van der Waals surface area contributed by atoms with E-state index < -0.39 is 0 Å². The Morgan fingerprint density at radius 2 is 0.407 bits per heavy atom. The van der Waals surface area contributed by atoms with E-state index in [0.717, 1.165) is 117 Å². The van der Waals surface area contributed by atoms with Crippen molar-refractivity contribution in [3.05, 3.63) is 370 Å². The highest BCUT2D eigenvalue weighted by Gasteiger charge is 2.29. The summed E-state index contributed by atoms with van der Waals surface area (Å²) >= 11 is 0. The molecular formula is C134H188N6. The summed E-state index contributed by atoms with van der Waals surface area (Å²) in [5, 5.41) is 19.2. The minimum atomic E-state index is 0.954. The molecule has 0 aliphatic heterocycles. The predicted octanol–water partition coefficient (Wildman–Crippen LogP) is 36.6. The Balaban J connectivity index is 0.000000434. The summed E-state index contributed by atoms with van der Waals surface area (Å²) in [6, 6.07) is 111. The lowest BCUT2D eigenvalue weighted by Crippen LogP contribution is -2.15. The molecule has 0 heterocycles. The second-order valence-electron chi connectivity index (χ2n) is 33.4. The lowest BCUT2D eigenvalue weighted by Gasteiger charge is -2.14. The molecular weight excluding hydrogens is 1690 g/mol. The Hall–Kier alpha value is -10.9. The van der Waals surface area contributed by atoms with Crippen LogP contribution in [-0.2, 0) is 38.5 Å². The first-order valence-electron chi connectivity index (χ1n) is 54.3. The molecule has 140 heavy (non-hydrogen) atoms.